The Kier molecular flexibility index (Phi) is 3.66. The zero-order valence-electron chi connectivity index (χ0n) is 7.82. The highest BCUT2D eigenvalue weighted by Crippen LogP contribution is 2.29. The van der Waals surface area contributed by atoms with Gasteiger partial charge in [0.25, 0.3) is 5.24 Å². The molecule has 1 amide bonds. The zero-order chi connectivity index (χ0) is 10.7. The van der Waals surface area contributed by atoms with Crippen LogP contribution in [0.25, 0.3) is 0 Å². The number of halogens is 1. The number of hydrogen-bond acceptors (Lipinski definition) is 2. The molecule has 0 aromatic heterocycles. The fraction of sp³-hybridized carbons (Fsp3) is 0.222. The van der Waals surface area contributed by atoms with Crippen molar-refractivity contribution in [2.45, 2.75) is 0 Å². The van der Waals surface area contributed by atoms with Gasteiger partial charge in [-0.15, -0.1) is 0 Å². The van der Waals surface area contributed by atoms with E-state index in [-0.39, 0.29) is 5.24 Å². The minimum absolute atomic E-state index is 0.364. The van der Waals surface area contributed by atoms with E-state index in [4.69, 9.17) is 16.3 Å². The first-order chi connectivity index (χ1) is 6.56. The van der Waals surface area contributed by atoms with Crippen LogP contribution in [0.2, 0.25) is 5.02 Å². The fourth-order valence-electron chi connectivity index (χ4n) is 0.990. The normalized spacial score (nSPS) is 9.71. The van der Waals surface area contributed by atoms with Crippen molar-refractivity contribution in [3.63, 3.8) is 0 Å². The third-order valence-corrected chi connectivity index (χ3v) is 2.41. The maximum absolute atomic E-state index is 11.0. The van der Waals surface area contributed by atoms with E-state index in [1.807, 2.05) is 0 Å². The zero-order valence-corrected chi connectivity index (χ0v) is 9.47. The highest BCUT2D eigenvalue weighted by molar-refractivity contribution is 7.96. The highest BCUT2D eigenvalue weighted by atomic mass is 35.5. The molecular weight excluding hydrogens is 222 g/mol. The maximum atomic E-state index is 11.0. The molecule has 1 rings (SSSR count). The number of amides is 1. The molecule has 0 aliphatic heterocycles. The molecule has 1 aromatic carbocycles. The van der Waals surface area contributed by atoms with Crippen LogP contribution in [-0.2, 0) is 0 Å². The van der Waals surface area contributed by atoms with Gasteiger partial charge in [-0.1, -0.05) is 24.2 Å². The van der Waals surface area contributed by atoms with Crippen molar-refractivity contribution in [1.82, 2.24) is 0 Å². The van der Waals surface area contributed by atoms with Crippen molar-refractivity contribution in [2.75, 3.05) is 19.1 Å². The van der Waals surface area contributed by atoms with Crippen molar-refractivity contribution in [1.29, 1.82) is 0 Å². The summed E-state index contributed by atoms with van der Waals surface area (Å²) in [6.45, 7) is 0. The van der Waals surface area contributed by atoms with Crippen LogP contribution in [0.3, 0.4) is 0 Å². The lowest BCUT2D eigenvalue weighted by atomic mass is 10.3. The van der Waals surface area contributed by atoms with Gasteiger partial charge in [0.05, 0.1) is 17.8 Å². The average Bonchev–Trinajstić information content (AvgIpc) is 2.16. The molecule has 0 saturated heterocycles. The van der Waals surface area contributed by atoms with Gasteiger partial charge in [-0.2, -0.15) is 0 Å². The van der Waals surface area contributed by atoms with Crippen molar-refractivity contribution < 1.29 is 9.53 Å². The van der Waals surface area contributed by atoms with Gasteiger partial charge >= 0.3 is 0 Å². The number of thiol groups is 1. The standard InChI is InChI=1S/C9H10ClNO2S/c1-11(9(12)14)8-4-3-6(13-2)5-7(8)10/h3-5H,1-2H3,(H,12,14). The van der Waals surface area contributed by atoms with Gasteiger partial charge in [-0.05, 0) is 12.1 Å². The molecule has 0 radical (unpaired) electrons. The van der Waals surface area contributed by atoms with Crippen LogP contribution in [0.5, 0.6) is 5.75 Å². The van der Waals surface area contributed by atoms with Crippen LogP contribution in [-0.4, -0.2) is 19.4 Å². The average molecular weight is 232 g/mol. The molecule has 76 valence electrons. The second-order valence-corrected chi connectivity index (χ2v) is 3.45. The summed E-state index contributed by atoms with van der Waals surface area (Å²) in [6, 6.07) is 5.08. The van der Waals surface area contributed by atoms with E-state index in [0.717, 1.165) is 0 Å². The smallest absolute Gasteiger partial charge is 0.282 e. The number of carbonyl (C=O) groups excluding carboxylic acids is 1. The number of hydrogen-bond donors (Lipinski definition) is 1. The van der Waals surface area contributed by atoms with Gasteiger partial charge in [-0.3, -0.25) is 4.79 Å². The van der Waals surface area contributed by atoms with Crippen LogP contribution in [0.4, 0.5) is 10.5 Å². The second-order valence-electron chi connectivity index (χ2n) is 2.66. The topological polar surface area (TPSA) is 29.5 Å². The Bertz CT molecular complexity index is 357. The molecular formula is C9H10ClNO2S. The van der Waals surface area contributed by atoms with Crippen LogP contribution in [0.15, 0.2) is 18.2 Å². The molecule has 0 N–H and O–H groups in total. The Labute approximate surface area is 93.0 Å². The van der Waals surface area contributed by atoms with E-state index in [9.17, 15) is 4.79 Å². The number of ether oxygens (including phenoxy) is 1. The first-order valence-electron chi connectivity index (χ1n) is 3.86. The number of carbonyl (C=O) groups is 1. The van der Waals surface area contributed by atoms with Gasteiger partial charge in [0.2, 0.25) is 0 Å². The summed E-state index contributed by atoms with van der Waals surface area (Å²) < 4.78 is 4.98. The summed E-state index contributed by atoms with van der Waals surface area (Å²) in [4.78, 5) is 12.3. The number of nitrogens with zero attached hydrogens (tertiary/aromatic N) is 1. The lowest BCUT2D eigenvalue weighted by Gasteiger charge is -2.16. The predicted octanol–water partition coefficient (Wildman–Crippen LogP) is 2.83. The molecule has 1 aromatic rings. The second kappa shape index (κ2) is 4.57. The molecule has 0 saturated carbocycles. The molecule has 0 spiro atoms. The molecule has 0 fully saturated rings. The Morgan fingerprint density at radius 2 is 2.21 bits per heavy atom. The molecule has 5 heteroatoms. The van der Waals surface area contributed by atoms with Gasteiger partial charge in [0, 0.05) is 13.1 Å². The third-order valence-electron chi connectivity index (χ3n) is 1.80. The van der Waals surface area contributed by atoms with E-state index >= 15 is 0 Å². The first-order valence-corrected chi connectivity index (χ1v) is 4.69. The number of anilines is 1. The summed E-state index contributed by atoms with van der Waals surface area (Å²) in [7, 11) is 3.15. The van der Waals surface area contributed by atoms with E-state index in [0.29, 0.717) is 16.5 Å². The van der Waals surface area contributed by atoms with Crippen molar-refractivity contribution in [2.24, 2.45) is 0 Å². The Morgan fingerprint density at radius 3 is 2.64 bits per heavy atom. The minimum atomic E-state index is -0.364. The predicted molar refractivity (Wildman–Crippen MR) is 60.8 cm³/mol. The molecule has 3 nitrogen and oxygen atoms in total. The lowest BCUT2D eigenvalue weighted by molar-refractivity contribution is 0.266. The quantitative estimate of drug-likeness (QED) is 0.794. The Balaban J connectivity index is 3.05. The SMILES string of the molecule is COc1ccc(N(C)C(=O)S)c(Cl)c1. The largest absolute Gasteiger partial charge is 0.497 e. The lowest BCUT2D eigenvalue weighted by Crippen LogP contribution is -2.19. The molecule has 0 unspecified atom stereocenters. The molecule has 0 heterocycles. The summed E-state index contributed by atoms with van der Waals surface area (Å²) in [5.74, 6) is 0.652. The minimum Gasteiger partial charge on any atom is -0.497 e. The molecule has 14 heavy (non-hydrogen) atoms. The van der Waals surface area contributed by atoms with Crippen molar-refractivity contribution in [3.05, 3.63) is 23.2 Å². The van der Waals surface area contributed by atoms with Crippen LogP contribution in [0, 0.1) is 0 Å². The van der Waals surface area contributed by atoms with Crippen LogP contribution in [0.1, 0.15) is 0 Å². The van der Waals surface area contributed by atoms with Gasteiger partial charge < -0.3 is 9.64 Å². The first kappa shape index (κ1) is 11.2. The number of rotatable bonds is 2. The molecule has 0 bridgehead atoms. The molecule has 0 aliphatic carbocycles. The third kappa shape index (κ3) is 2.33. The Hall–Kier alpha value is -0.870. The number of benzene rings is 1. The van der Waals surface area contributed by atoms with E-state index < -0.39 is 0 Å². The molecule has 0 aliphatic rings. The monoisotopic (exact) mass is 231 g/mol. The summed E-state index contributed by atoms with van der Waals surface area (Å²) in [5.41, 5.74) is 0.604. The van der Waals surface area contributed by atoms with Crippen LogP contribution >= 0.6 is 24.2 Å². The maximum Gasteiger partial charge on any atom is 0.282 e. The van der Waals surface area contributed by atoms with Crippen LogP contribution < -0.4 is 9.64 Å². The van der Waals surface area contributed by atoms with E-state index in [1.165, 1.54) is 4.90 Å². The summed E-state index contributed by atoms with van der Waals surface area (Å²) >= 11 is 9.64. The van der Waals surface area contributed by atoms with Gasteiger partial charge in [0.15, 0.2) is 0 Å². The fourth-order valence-corrected chi connectivity index (χ4v) is 1.39. The summed E-state index contributed by atoms with van der Waals surface area (Å²) in [6.07, 6.45) is 0. The van der Waals surface area contributed by atoms with Crippen molar-refractivity contribution in [3.8, 4) is 5.75 Å². The number of methoxy groups -OCH3 is 1. The van der Waals surface area contributed by atoms with Gasteiger partial charge in [0.1, 0.15) is 5.75 Å². The summed E-state index contributed by atoms with van der Waals surface area (Å²) in [5, 5.41) is 0.0892. The van der Waals surface area contributed by atoms with E-state index in [1.54, 1.807) is 32.4 Å². The van der Waals surface area contributed by atoms with Crippen molar-refractivity contribution >= 4 is 35.2 Å². The Morgan fingerprint density at radius 1 is 1.57 bits per heavy atom. The van der Waals surface area contributed by atoms with E-state index in [2.05, 4.69) is 12.6 Å². The molecule has 0 atom stereocenters. The van der Waals surface area contributed by atoms with Gasteiger partial charge in [-0.25, -0.2) is 0 Å². The highest BCUT2D eigenvalue weighted by Gasteiger charge is 2.10.